The third kappa shape index (κ3) is 3.79. The Bertz CT molecular complexity index is 640. The molecular weight excluding hydrogens is 310 g/mol. The molecule has 1 saturated heterocycles. The number of carbonyl (C=O) groups is 4. The van der Waals surface area contributed by atoms with Crippen LogP contribution in [0.1, 0.15) is 32.3 Å². The maximum atomic E-state index is 12.3. The maximum Gasteiger partial charge on any atom is 0.335 e. The van der Waals surface area contributed by atoms with Crippen LogP contribution in [0, 0.1) is 0 Å². The van der Waals surface area contributed by atoms with Crippen LogP contribution in [0.25, 0.3) is 0 Å². The average Bonchev–Trinajstić information content (AvgIpc) is 2.78. The van der Waals surface area contributed by atoms with E-state index in [9.17, 15) is 19.2 Å². The molecule has 5 amide bonds. The molecule has 0 saturated carbocycles. The molecule has 0 atom stereocenters. The molecule has 0 aromatic heterocycles. The van der Waals surface area contributed by atoms with Gasteiger partial charge in [-0.3, -0.25) is 19.3 Å². The molecule has 1 aliphatic rings. The zero-order valence-electron chi connectivity index (χ0n) is 13.8. The van der Waals surface area contributed by atoms with Gasteiger partial charge >= 0.3 is 17.8 Å². The Morgan fingerprint density at radius 2 is 1.58 bits per heavy atom. The Labute approximate surface area is 140 Å². The van der Waals surface area contributed by atoms with E-state index in [2.05, 4.69) is 5.32 Å². The van der Waals surface area contributed by atoms with Crippen LogP contribution in [0.5, 0.6) is 0 Å². The summed E-state index contributed by atoms with van der Waals surface area (Å²) in [6.07, 6.45) is 1.51. The molecule has 1 N–H and O–H groups in total. The first-order chi connectivity index (χ1) is 11.5. The molecular formula is C17H21N3O4. The number of hydrogen-bond donors (Lipinski definition) is 1. The van der Waals surface area contributed by atoms with Crippen LogP contribution in [-0.2, 0) is 20.9 Å². The first kappa shape index (κ1) is 17.7. The minimum absolute atomic E-state index is 0.00884. The van der Waals surface area contributed by atoms with Crippen molar-refractivity contribution in [1.29, 1.82) is 0 Å². The number of hydrogen-bond acceptors (Lipinski definition) is 4. The minimum atomic E-state index is -0.962. The molecule has 0 aliphatic carbocycles. The van der Waals surface area contributed by atoms with Gasteiger partial charge in [-0.15, -0.1) is 0 Å². The summed E-state index contributed by atoms with van der Waals surface area (Å²) in [7, 11) is 0. The van der Waals surface area contributed by atoms with E-state index in [1.54, 1.807) is 24.3 Å². The van der Waals surface area contributed by atoms with E-state index < -0.39 is 30.3 Å². The first-order valence-corrected chi connectivity index (χ1v) is 7.98. The van der Waals surface area contributed by atoms with Crippen LogP contribution < -0.4 is 5.32 Å². The van der Waals surface area contributed by atoms with Gasteiger partial charge in [-0.05, 0) is 18.4 Å². The van der Waals surface area contributed by atoms with Gasteiger partial charge in [0.15, 0.2) is 0 Å². The van der Waals surface area contributed by atoms with Crippen molar-refractivity contribution in [2.24, 2.45) is 0 Å². The lowest BCUT2D eigenvalue weighted by atomic mass is 10.2. The molecule has 24 heavy (non-hydrogen) atoms. The molecule has 1 aromatic rings. The molecule has 128 valence electrons. The fourth-order valence-electron chi connectivity index (χ4n) is 2.50. The summed E-state index contributed by atoms with van der Waals surface area (Å²) < 4.78 is 0. The molecule has 0 unspecified atom stereocenters. The molecule has 0 bridgehead atoms. The lowest BCUT2D eigenvalue weighted by molar-refractivity contribution is -0.144. The van der Waals surface area contributed by atoms with Gasteiger partial charge in [-0.2, -0.15) is 0 Å². The highest BCUT2D eigenvalue weighted by Crippen LogP contribution is 2.15. The smallest absolute Gasteiger partial charge is 0.335 e. The molecule has 7 heteroatoms. The molecule has 1 aliphatic heterocycles. The highest BCUT2D eigenvalue weighted by atomic mass is 16.2. The monoisotopic (exact) mass is 331 g/mol. The van der Waals surface area contributed by atoms with Crippen LogP contribution in [-0.4, -0.2) is 46.1 Å². The van der Waals surface area contributed by atoms with Crippen molar-refractivity contribution in [2.45, 2.75) is 39.3 Å². The highest BCUT2D eigenvalue weighted by Gasteiger charge is 2.45. The molecule has 7 nitrogen and oxygen atoms in total. The van der Waals surface area contributed by atoms with Crippen LogP contribution >= 0.6 is 0 Å². The van der Waals surface area contributed by atoms with Gasteiger partial charge in [0, 0.05) is 6.04 Å². The molecule has 1 heterocycles. The zero-order chi connectivity index (χ0) is 17.7. The second kappa shape index (κ2) is 7.72. The number of benzene rings is 1. The van der Waals surface area contributed by atoms with Crippen LogP contribution in [0.3, 0.4) is 0 Å². The van der Waals surface area contributed by atoms with Gasteiger partial charge in [0.05, 0.1) is 6.54 Å². The Morgan fingerprint density at radius 3 is 2.17 bits per heavy atom. The fraction of sp³-hybridized carbons (Fsp3) is 0.412. The normalized spacial score (nSPS) is 14.7. The van der Waals surface area contributed by atoms with Crippen LogP contribution in [0.15, 0.2) is 30.3 Å². The predicted molar refractivity (Wildman–Crippen MR) is 86.6 cm³/mol. The van der Waals surface area contributed by atoms with E-state index in [0.717, 1.165) is 23.3 Å². The van der Waals surface area contributed by atoms with Crippen molar-refractivity contribution in [2.75, 3.05) is 6.54 Å². The second-order valence-electron chi connectivity index (χ2n) is 5.63. The van der Waals surface area contributed by atoms with Crippen LogP contribution in [0.4, 0.5) is 4.79 Å². The summed E-state index contributed by atoms with van der Waals surface area (Å²) in [5, 5.41) is 2.75. The number of imide groups is 2. The van der Waals surface area contributed by atoms with Crippen LogP contribution in [0.2, 0.25) is 0 Å². The number of carbonyl (C=O) groups excluding carboxylic acids is 4. The number of urea groups is 1. The fourth-order valence-corrected chi connectivity index (χ4v) is 2.50. The lowest BCUT2D eigenvalue weighted by Crippen LogP contribution is -2.44. The van der Waals surface area contributed by atoms with E-state index in [4.69, 9.17) is 0 Å². The van der Waals surface area contributed by atoms with E-state index in [0.29, 0.717) is 4.90 Å². The molecule has 2 rings (SSSR count). The van der Waals surface area contributed by atoms with Crippen molar-refractivity contribution >= 4 is 23.8 Å². The summed E-state index contributed by atoms with van der Waals surface area (Å²) in [4.78, 5) is 49.9. The van der Waals surface area contributed by atoms with Crippen molar-refractivity contribution < 1.29 is 19.2 Å². The van der Waals surface area contributed by atoms with Gasteiger partial charge in [0.2, 0.25) is 5.91 Å². The summed E-state index contributed by atoms with van der Waals surface area (Å²) in [5.74, 6) is -2.31. The summed E-state index contributed by atoms with van der Waals surface area (Å²) in [6.45, 7) is 3.44. The lowest BCUT2D eigenvalue weighted by Gasteiger charge is -2.18. The van der Waals surface area contributed by atoms with Gasteiger partial charge in [-0.1, -0.05) is 44.2 Å². The van der Waals surface area contributed by atoms with E-state index >= 15 is 0 Å². The minimum Gasteiger partial charge on any atom is -0.352 e. The first-order valence-electron chi connectivity index (χ1n) is 7.98. The topological polar surface area (TPSA) is 86.8 Å². The molecule has 0 radical (unpaired) electrons. The van der Waals surface area contributed by atoms with Crippen molar-refractivity contribution in [3.63, 3.8) is 0 Å². The highest BCUT2D eigenvalue weighted by molar-refractivity contribution is 6.44. The zero-order valence-corrected chi connectivity index (χ0v) is 13.8. The number of nitrogens with zero attached hydrogens (tertiary/aromatic N) is 2. The van der Waals surface area contributed by atoms with Gasteiger partial charge in [-0.25, -0.2) is 9.69 Å². The Balaban J connectivity index is 2.04. The standard InChI is InChI=1S/C17H21N3O4/c1-3-13(4-2)18-14(21)11-20-16(23)15(22)19(17(20)24)10-12-8-6-5-7-9-12/h5-9,13H,3-4,10-11H2,1-2H3,(H,18,21). The molecule has 0 spiro atoms. The van der Waals surface area contributed by atoms with Gasteiger partial charge in [0.1, 0.15) is 6.54 Å². The number of amides is 5. The third-order valence-corrected chi connectivity index (χ3v) is 3.97. The van der Waals surface area contributed by atoms with E-state index in [1.807, 2.05) is 19.9 Å². The third-order valence-electron chi connectivity index (χ3n) is 3.97. The largest absolute Gasteiger partial charge is 0.352 e. The molecule has 1 fully saturated rings. The summed E-state index contributed by atoms with van der Waals surface area (Å²) >= 11 is 0. The second-order valence-corrected chi connectivity index (χ2v) is 5.63. The van der Waals surface area contributed by atoms with E-state index in [1.165, 1.54) is 0 Å². The van der Waals surface area contributed by atoms with Crippen molar-refractivity contribution in [3.8, 4) is 0 Å². The average molecular weight is 331 g/mol. The SMILES string of the molecule is CCC(CC)NC(=O)CN1C(=O)C(=O)N(Cc2ccccc2)C1=O. The predicted octanol–water partition coefficient (Wildman–Crippen LogP) is 1.28. The molecule has 1 aromatic carbocycles. The van der Waals surface area contributed by atoms with Gasteiger partial charge in [0.25, 0.3) is 0 Å². The number of rotatable bonds is 7. The van der Waals surface area contributed by atoms with E-state index in [-0.39, 0.29) is 12.6 Å². The Hall–Kier alpha value is -2.70. The Kier molecular flexibility index (Phi) is 5.68. The summed E-state index contributed by atoms with van der Waals surface area (Å²) in [6, 6.07) is 8.12. The summed E-state index contributed by atoms with van der Waals surface area (Å²) in [5.41, 5.74) is 0.732. The maximum absolute atomic E-state index is 12.3. The van der Waals surface area contributed by atoms with Gasteiger partial charge < -0.3 is 5.32 Å². The van der Waals surface area contributed by atoms with Crippen molar-refractivity contribution in [3.05, 3.63) is 35.9 Å². The number of nitrogens with one attached hydrogen (secondary N) is 1. The van der Waals surface area contributed by atoms with Crippen molar-refractivity contribution in [1.82, 2.24) is 15.1 Å². The Morgan fingerprint density at radius 1 is 1.00 bits per heavy atom. The quantitative estimate of drug-likeness (QED) is 0.602.